The monoisotopic (exact) mass is 626 g/mol. The number of hydrogen-bond acceptors (Lipinski definition) is 16. The van der Waals surface area contributed by atoms with Gasteiger partial charge in [-0.2, -0.15) is 0 Å². The van der Waals surface area contributed by atoms with Gasteiger partial charge in [-0.3, -0.25) is 4.79 Å². The second-order valence-electron chi connectivity index (χ2n) is 10.2. The number of benzene rings is 2. The van der Waals surface area contributed by atoms with Gasteiger partial charge in [0.25, 0.3) is 0 Å². The second-order valence-corrected chi connectivity index (χ2v) is 10.2. The summed E-state index contributed by atoms with van der Waals surface area (Å²) in [6.45, 7) is -0.848. The predicted octanol–water partition coefficient (Wildman–Crippen LogP) is -1.38. The Labute approximate surface area is 249 Å². The van der Waals surface area contributed by atoms with E-state index in [1.807, 2.05) is 0 Å². The number of aliphatic hydroxyl groups excluding tert-OH is 6. The highest BCUT2D eigenvalue weighted by molar-refractivity contribution is 5.98. The fourth-order valence-corrected chi connectivity index (χ4v) is 5.10. The molecule has 0 saturated carbocycles. The highest BCUT2D eigenvalue weighted by Gasteiger charge is 2.47. The van der Waals surface area contributed by atoms with Crippen molar-refractivity contribution in [3.63, 3.8) is 0 Å². The third-order valence-corrected chi connectivity index (χ3v) is 7.54. The van der Waals surface area contributed by atoms with E-state index in [-0.39, 0.29) is 51.5 Å². The molecule has 1 unspecified atom stereocenters. The molecule has 16 nitrogen and oxygen atoms in total. The molecule has 1 aromatic heterocycles. The predicted molar refractivity (Wildman–Crippen MR) is 147 cm³/mol. The largest absolute Gasteiger partial charge is 0.497 e. The van der Waals surface area contributed by atoms with Gasteiger partial charge in [0.2, 0.25) is 17.5 Å². The van der Waals surface area contributed by atoms with Crippen molar-refractivity contribution in [2.75, 3.05) is 41.7 Å². The molecule has 2 fully saturated rings. The first-order valence-corrected chi connectivity index (χ1v) is 13.5. The second kappa shape index (κ2) is 12.9. The van der Waals surface area contributed by atoms with Gasteiger partial charge in [0, 0.05) is 12.1 Å². The Morgan fingerprint density at radius 3 is 2.14 bits per heavy atom. The molecule has 0 aliphatic carbocycles. The Balaban J connectivity index is 1.53. The molecule has 0 amide bonds. The van der Waals surface area contributed by atoms with Gasteiger partial charge in [-0.1, -0.05) is 0 Å². The standard InChI is InChI=1S/C28H34O16/c1-36-10-5-11-18(30)17-13(42-24(11)14(6-10)37-2)7-15(38-3)25(39-4)26(17)44-28-23(35)21(33)20(32)16(43-28)9-41-27-22(34)19(31)12(29)8-40-27/h5-7,12,16,19-23,27-29,31-35H,8-9H2,1-4H3/t12-,16-,19+,20-,21+,22-,23-,27+,28?/m1/s1. The van der Waals surface area contributed by atoms with E-state index in [2.05, 4.69) is 0 Å². The van der Waals surface area contributed by atoms with Gasteiger partial charge in [0.15, 0.2) is 29.1 Å². The molecule has 2 aromatic carbocycles. The van der Waals surface area contributed by atoms with E-state index in [9.17, 15) is 35.4 Å². The zero-order valence-corrected chi connectivity index (χ0v) is 24.1. The fourth-order valence-electron chi connectivity index (χ4n) is 5.10. The summed E-state index contributed by atoms with van der Waals surface area (Å²) in [4.78, 5) is 13.9. The first kappa shape index (κ1) is 32.0. The number of rotatable bonds is 9. The van der Waals surface area contributed by atoms with Crippen LogP contribution in [0.25, 0.3) is 21.9 Å². The molecule has 2 aliphatic heterocycles. The summed E-state index contributed by atoms with van der Waals surface area (Å²) >= 11 is 0. The van der Waals surface area contributed by atoms with Crippen LogP contribution < -0.4 is 29.1 Å². The zero-order valence-electron chi connectivity index (χ0n) is 24.1. The summed E-state index contributed by atoms with van der Waals surface area (Å²) in [5.41, 5.74) is -0.489. The maximum absolute atomic E-state index is 13.9. The molecular formula is C28H34O16. The Kier molecular flexibility index (Phi) is 9.36. The lowest BCUT2D eigenvalue weighted by molar-refractivity contribution is -0.307. The van der Waals surface area contributed by atoms with E-state index in [0.717, 1.165) is 0 Å². The third kappa shape index (κ3) is 5.60. The lowest BCUT2D eigenvalue weighted by Gasteiger charge is -2.41. The van der Waals surface area contributed by atoms with E-state index < -0.39 is 67.3 Å². The molecule has 0 spiro atoms. The molecule has 2 aliphatic rings. The number of ether oxygens (including phenoxy) is 8. The van der Waals surface area contributed by atoms with Crippen molar-refractivity contribution < 1.29 is 73.0 Å². The summed E-state index contributed by atoms with van der Waals surface area (Å²) in [6.07, 6.45) is -14.3. The van der Waals surface area contributed by atoms with Gasteiger partial charge in [0.1, 0.15) is 59.4 Å². The van der Waals surface area contributed by atoms with Crippen LogP contribution in [-0.2, 0) is 14.2 Å². The van der Waals surface area contributed by atoms with Crippen molar-refractivity contribution in [3.05, 3.63) is 28.4 Å². The Morgan fingerprint density at radius 1 is 0.773 bits per heavy atom. The van der Waals surface area contributed by atoms with Crippen molar-refractivity contribution in [2.24, 2.45) is 0 Å². The molecular weight excluding hydrogens is 592 g/mol. The minimum absolute atomic E-state index is 0.00596. The van der Waals surface area contributed by atoms with Gasteiger partial charge in [-0.25, -0.2) is 0 Å². The number of methoxy groups -OCH3 is 4. The first-order chi connectivity index (χ1) is 21.0. The Hall–Kier alpha value is -3.45. The number of hydrogen-bond donors (Lipinski definition) is 6. The van der Waals surface area contributed by atoms with Crippen molar-refractivity contribution in [1.82, 2.24) is 0 Å². The Morgan fingerprint density at radius 2 is 1.48 bits per heavy atom. The maximum atomic E-state index is 13.9. The molecule has 2 saturated heterocycles. The quantitative estimate of drug-likeness (QED) is 0.151. The van der Waals surface area contributed by atoms with Crippen LogP contribution in [0, 0.1) is 0 Å². The van der Waals surface area contributed by atoms with Crippen LogP contribution in [0.15, 0.2) is 27.4 Å². The smallest absolute Gasteiger partial charge is 0.229 e. The van der Waals surface area contributed by atoms with Gasteiger partial charge in [-0.05, 0) is 6.07 Å². The van der Waals surface area contributed by atoms with Gasteiger partial charge < -0.3 is 73.0 Å². The third-order valence-electron chi connectivity index (χ3n) is 7.54. The lowest BCUT2D eigenvalue weighted by Crippen LogP contribution is -2.61. The zero-order chi connectivity index (χ0) is 31.9. The molecule has 0 radical (unpaired) electrons. The van der Waals surface area contributed by atoms with Crippen LogP contribution in [0.2, 0.25) is 0 Å². The van der Waals surface area contributed by atoms with E-state index in [1.165, 1.54) is 46.6 Å². The molecule has 0 bridgehead atoms. The minimum Gasteiger partial charge on any atom is -0.497 e. The average Bonchev–Trinajstić information content (AvgIpc) is 3.03. The van der Waals surface area contributed by atoms with Gasteiger partial charge >= 0.3 is 0 Å². The summed E-state index contributed by atoms with van der Waals surface area (Å²) in [5.74, 6) is 0.270. The van der Waals surface area contributed by atoms with Crippen LogP contribution in [-0.4, -0.2) is 128 Å². The van der Waals surface area contributed by atoms with Crippen molar-refractivity contribution in [2.45, 2.75) is 55.3 Å². The molecule has 3 aromatic rings. The van der Waals surface area contributed by atoms with E-state index in [1.54, 1.807) is 0 Å². The summed E-state index contributed by atoms with van der Waals surface area (Å²) < 4.78 is 50.1. The first-order valence-electron chi connectivity index (χ1n) is 13.5. The normalized spacial score (nSPS) is 30.7. The van der Waals surface area contributed by atoms with Gasteiger partial charge in [-0.15, -0.1) is 0 Å². The van der Waals surface area contributed by atoms with E-state index in [0.29, 0.717) is 5.75 Å². The molecule has 9 atom stereocenters. The van der Waals surface area contributed by atoms with Crippen LogP contribution >= 0.6 is 0 Å². The topological polar surface area (TPSA) is 225 Å². The molecule has 16 heteroatoms. The van der Waals surface area contributed by atoms with Crippen LogP contribution in [0.1, 0.15) is 0 Å². The van der Waals surface area contributed by atoms with Crippen molar-refractivity contribution in [3.8, 4) is 28.7 Å². The van der Waals surface area contributed by atoms with E-state index >= 15 is 0 Å². The van der Waals surface area contributed by atoms with Crippen LogP contribution in [0.4, 0.5) is 0 Å². The van der Waals surface area contributed by atoms with Gasteiger partial charge in [0.05, 0.1) is 47.0 Å². The lowest BCUT2D eigenvalue weighted by atomic mass is 9.99. The molecule has 6 N–H and O–H groups in total. The summed E-state index contributed by atoms with van der Waals surface area (Å²) in [7, 11) is 5.45. The highest BCUT2D eigenvalue weighted by atomic mass is 16.7. The molecule has 44 heavy (non-hydrogen) atoms. The maximum Gasteiger partial charge on any atom is 0.229 e. The fraction of sp³-hybridized carbons (Fsp3) is 0.536. The highest BCUT2D eigenvalue weighted by Crippen LogP contribution is 2.45. The number of aliphatic hydroxyl groups is 6. The van der Waals surface area contributed by atoms with Crippen LogP contribution in [0.3, 0.4) is 0 Å². The summed E-state index contributed by atoms with van der Waals surface area (Å²) in [5, 5.41) is 61.7. The minimum atomic E-state index is -1.84. The molecule has 242 valence electrons. The summed E-state index contributed by atoms with van der Waals surface area (Å²) in [6, 6.07) is 4.39. The SMILES string of the molecule is COc1cc(OC)c2oc3cc(OC)c(OC)c(OC4O[C@H](CO[C@@H]5OC[C@@H](O)[C@H](O)[C@H]5O)[C@@H](O)[C@H](O)[C@H]4O)c3c(=O)c2c1. The van der Waals surface area contributed by atoms with Crippen LogP contribution in [0.5, 0.6) is 28.7 Å². The average molecular weight is 627 g/mol. The molecule has 5 rings (SSSR count). The Bertz CT molecular complexity index is 1540. The van der Waals surface area contributed by atoms with Crippen molar-refractivity contribution >= 4 is 21.9 Å². The number of fused-ring (bicyclic) bond motifs is 2. The molecule has 3 heterocycles. The van der Waals surface area contributed by atoms with E-state index in [4.69, 9.17) is 42.3 Å². The van der Waals surface area contributed by atoms with Crippen molar-refractivity contribution in [1.29, 1.82) is 0 Å².